The monoisotopic (exact) mass is 312 g/mol. The molecule has 2 rings (SSSR count). The number of benzene rings is 2. The van der Waals surface area contributed by atoms with Gasteiger partial charge in [0.15, 0.2) is 5.75 Å². The van der Waals surface area contributed by atoms with Gasteiger partial charge in [-0.2, -0.15) is 0 Å². The van der Waals surface area contributed by atoms with Crippen molar-refractivity contribution in [3.05, 3.63) is 53.1 Å². The summed E-state index contributed by atoms with van der Waals surface area (Å²) in [5.74, 6) is -0.975. The van der Waals surface area contributed by atoms with Crippen LogP contribution in [0.4, 0.5) is 11.4 Å². The van der Waals surface area contributed by atoms with Gasteiger partial charge in [0.25, 0.3) is 0 Å². The zero-order valence-electron chi connectivity index (χ0n) is 12.4. The normalized spacial score (nSPS) is 10.1. The number of hydrogen-bond acceptors (Lipinski definition) is 6. The van der Waals surface area contributed by atoms with Crippen molar-refractivity contribution in [1.29, 1.82) is 5.41 Å². The molecule has 0 saturated carbocycles. The number of amides is 1. The first kappa shape index (κ1) is 16.0. The lowest BCUT2D eigenvalue weighted by molar-refractivity contribution is -0.131. The van der Waals surface area contributed by atoms with E-state index in [1.165, 1.54) is 37.3 Å². The molecule has 0 aliphatic heterocycles. The smallest absolute Gasteiger partial charge is 0.308 e. The Labute approximate surface area is 132 Å². The van der Waals surface area contributed by atoms with E-state index in [4.69, 9.17) is 27.3 Å². The van der Waals surface area contributed by atoms with Crippen LogP contribution in [-0.2, 0) is 4.79 Å². The molecule has 0 spiro atoms. The first-order chi connectivity index (χ1) is 10.8. The highest BCUT2D eigenvalue weighted by atomic mass is 16.5. The summed E-state index contributed by atoms with van der Waals surface area (Å²) in [6, 6.07) is 9.03. The Morgan fingerprint density at radius 2 is 1.61 bits per heavy atom. The maximum absolute atomic E-state index is 11.3. The number of ether oxygens (including phenoxy) is 1. The predicted octanol–water partition coefficient (Wildman–Crippen LogP) is 1.29. The van der Waals surface area contributed by atoms with Gasteiger partial charge in [-0.3, -0.25) is 15.0 Å². The summed E-state index contributed by atoms with van der Waals surface area (Å²) in [6.07, 6.45) is 0. The predicted molar refractivity (Wildman–Crippen MR) is 87.5 cm³/mol. The van der Waals surface area contributed by atoms with Gasteiger partial charge in [-0.25, -0.2) is 0 Å². The lowest BCUT2D eigenvalue weighted by Crippen LogP contribution is -2.14. The highest BCUT2D eigenvalue weighted by Gasteiger charge is 2.14. The fourth-order valence-corrected chi connectivity index (χ4v) is 2.01. The number of nitrogens with two attached hydrogens (primary N) is 3. The zero-order chi connectivity index (χ0) is 17.1. The molecule has 1 amide bonds. The molecule has 0 radical (unpaired) electrons. The van der Waals surface area contributed by atoms with Crippen molar-refractivity contribution in [1.82, 2.24) is 0 Å². The number of hydrogen-bond donors (Lipinski definition) is 4. The first-order valence-corrected chi connectivity index (χ1v) is 6.66. The van der Waals surface area contributed by atoms with Gasteiger partial charge < -0.3 is 21.9 Å². The Kier molecular flexibility index (Phi) is 4.31. The summed E-state index contributed by atoms with van der Waals surface area (Å²) in [5.41, 5.74) is 18.5. The third-order valence-corrected chi connectivity index (χ3v) is 3.16. The molecule has 0 aliphatic carbocycles. The minimum Gasteiger partial charge on any atom is -0.424 e. The Morgan fingerprint density at radius 1 is 1.00 bits per heavy atom. The van der Waals surface area contributed by atoms with Gasteiger partial charge in [0.05, 0.1) is 11.4 Å². The second-order valence-electron chi connectivity index (χ2n) is 4.89. The molecule has 7 N–H and O–H groups in total. The molecule has 0 aliphatic rings. The van der Waals surface area contributed by atoms with E-state index < -0.39 is 11.9 Å². The van der Waals surface area contributed by atoms with Crippen LogP contribution in [0.15, 0.2) is 36.4 Å². The van der Waals surface area contributed by atoms with Gasteiger partial charge >= 0.3 is 5.97 Å². The van der Waals surface area contributed by atoms with Crippen LogP contribution in [-0.4, -0.2) is 17.6 Å². The Balaban J connectivity index is 2.47. The van der Waals surface area contributed by atoms with Gasteiger partial charge in [-0.1, -0.05) is 6.07 Å². The fourth-order valence-electron chi connectivity index (χ4n) is 2.01. The van der Waals surface area contributed by atoms with Crippen molar-refractivity contribution in [2.75, 3.05) is 11.5 Å². The van der Waals surface area contributed by atoms with E-state index in [-0.39, 0.29) is 22.7 Å². The van der Waals surface area contributed by atoms with Crippen LogP contribution in [0.1, 0.15) is 28.4 Å². The van der Waals surface area contributed by atoms with E-state index in [9.17, 15) is 9.59 Å². The van der Waals surface area contributed by atoms with E-state index >= 15 is 0 Å². The number of nitrogen functional groups attached to an aromatic ring is 2. The Morgan fingerprint density at radius 3 is 2.22 bits per heavy atom. The quantitative estimate of drug-likeness (QED) is 0.291. The average Bonchev–Trinajstić information content (AvgIpc) is 2.48. The average molecular weight is 312 g/mol. The van der Waals surface area contributed by atoms with Crippen molar-refractivity contribution < 1.29 is 14.3 Å². The van der Waals surface area contributed by atoms with Crippen molar-refractivity contribution in [2.24, 2.45) is 5.73 Å². The summed E-state index contributed by atoms with van der Waals surface area (Å²) in [4.78, 5) is 22.4. The zero-order valence-corrected chi connectivity index (χ0v) is 12.4. The number of carbonyl (C=O) groups is 2. The first-order valence-electron chi connectivity index (χ1n) is 6.66. The van der Waals surface area contributed by atoms with Crippen molar-refractivity contribution in [3.8, 4) is 5.75 Å². The maximum atomic E-state index is 11.3. The molecule has 0 fully saturated rings. The molecule has 0 heterocycles. The standard InChI is InChI=1S/C16H16N4O3/c1-8(21)23-14-7-9(2-5-13(14)18)15(19)11-6-10(16(20)22)3-4-12(11)17/h2-7,19H,17-18H2,1H3,(H2,20,22). The number of carbonyl (C=O) groups excluding carboxylic acids is 2. The minimum atomic E-state index is -0.614. The summed E-state index contributed by atoms with van der Waals surface area (Å²) < 4.78 is 5.00. The molecular formula is C16H16N4O3. The molecule has 0 aromatic heterocycles. The highest BCUT2D eigenvalue weighted by Crippen LogP contribution is 2.26. The fraction of sp³-hybridized carbons (Fsp3) is 0.0625. The van der Waals surface area contributed by atoms with Gasteiger partial charge in [0.2, 0.25) is 5.91 Å². The lowest BCUT2D eigenvalue weighted by atomic mass is 9.98. The molecule has 7 nitrogen and oxygen atoms in total. The lowest BCUT2D eigenvalue weighted by Gasteiger charge is -2.11. The van der Waals surface area contributed by atoms with E-state index in [0.717, 1.165) is 0 Å². The molecule has 7 heteroatoms. The van der Waals surface area contributed by atoms with Gasteiger partial charge in [-0.05, 0) is 30.3 Å². The van der Waals surface area contributed by atoms with Gasteiger partial charge in [0.1, 0.15) is 0 Å². The van der Waals surface area contributed by atoms with E-state index in [0.29, 0.717) is 16.8 Å². The van der Waals surface area contributed by atoms with E-state index in [2.05, 4.69) is 0 Å². The summed E-state index contributed by atoms with van der Waals surface area (Å²) in [6.45, 7) is 1.26. The van der Waals surface area contributed by atoms with Crippen molar-refractivity contribution in [2.45, 2.75) is 6.92 Å². The van der Waals surface area contributed by atoms with Crippen LogP contribution >= 0.6 is 0 Å². The number of anilines is 2. The molecule has 0 saturated heterocycles. The number of nitrogens with one attached hydrogen (secondary N) is 1. The largest absolute Gasteiger partial charge is 0.424 e. The highest BCUT2D eigenvalue weighted by molar-refractivity contribution is 6.15. The van der Waals surface area contributed by atoms with E-state index in [1.54, 1.807) is 6.07 Å². The molecule has 2 aromatic carbocycles. The molecular weight excluding hydrogens is 296 g/mol. The topological polar surface area (TPSA) is 145 Å². The van der Waals surface area contributed by atoms with Gasteiger partial charge in [-0.15, -0.1) is 0 Å². The van der Waals surface area contributed by atoms with Crippen LogP contribution in [0.2, 0.25) is 0 Å². The van der Waals surface area contributed by atoms with Crippen LogP contribution in [0.5, 0.6) is 5.75 Å². The second-order valence-corrected chi connectivity index (χ2v) is 4.89. The maximum Gasteiger partial charge on any atom is 0.308 e. The Hall–Kier alpha value is -3.35. The second kappa shape index (κ2) is 6.18. The SMILES string of the molecule is CC(=O)Oc1cc(C(=N)c2cc(C(N)=O)ccc2N)ccc1N. The molecule has 23 heavy (non-hydrogen) atoms. The molecule has 0 atom stereocenters. The van der Waals surface area contributed by atoms with Crippen LogP contribution < -0.4 is 21.9 Å². The molecule has 2 aromatic rings. The number of rotatable bonds is 4. The molecule has 0 unspecified atom stereocenters. The Bertz CT molecular complexity index is 815. The number of primary amides is 1. The summed E-state index contributed by atoms with van der Waals surface area (Å²) >= 11 is 0. The van der Waals surface area contributed by atoms with E-state index in [1.807, 2.05) is 0 Å². The van der Waals surface area contributed by atoms with Crippen LogP contribution in [0.3, 0.4) is 0 Å². The molecule has 0 bridgehead atoms. The van der Waals surface area contributed by atoms with Crippen LogP contribution in [0.25, 0.3) is 0 Å². The van der Waals surface area contributed by atoms with Gasteiger partial charge in [0, 0.05) is 29.3 Å². The minimum absolute atomic E-state index is 0.0546. The number of esters is 1. The molecule has 118 valence electrons. The van der Waals surface area contributed by atoms with Crippen LogP contribution in [0, 0.1) is 5.41 Å². The third kappa shape index (κ3) is 3.46. The third-order valence-electron chi connectivity index (χ3n) is 3.16. The summed E-state index contributed by atoms with van der Waals surface area (Å²) in [7, 11) is 0. The van der Waals surface area contributed by atoms with Crippen molar-refractivity contribution in [3.63, 3.8) is 0 Å². The summed E-state index contributed by atoms with van der Waals surface area (Å²) in [5, 5.41) is 8.29. The van der Waals surface area contributed by atoms with Crippen molar-refractivity contribution >= 4 is 29.0 Å².